The van der Waals surface area contributed by atoms with E-state index < -0.39 is 11.7 Å². The first kappa shape index (κ1) is 9.39. The van der Waals surface area contributed by atoms with Crippen molar-refractivity contribution < 1.29 is 9.18 Å². The molecule has 2 aromatic rings. The van der Waals surface area contributed by atoms with Crippen molar-refractivity contribution in [2.45, 2.75) is 0 Å². The minimum absolute atomic E-state index is 0.0290. The van der Waals surface area contributed by atoms with Gasteiger partial charge >= 0.3 is 0 Å². The maximum Gasteiger partial charge on any atom is 0.273 e. The fraction of sp³-hybridized carbons (Fsp3) is 0. The van der Waals surface area contributed by atoms with Gasteiger partial charge in [-0.05, 0) is 18.2 Å². The van der Waals surface area contributed by atoms with Gasteiger partial charge in [-0.2, -0.15) is 0 Å². The predicted molar refractivity (Wildman–Crippen MR) is 52.3 cm³/mol. The van der Waals surface area contributed by atoms with Crippen LogP contribution in [0.5, 0.6) is 0 Å². The number of aromatic nitrogens is 2. The van der Waals surface area contributed by atoms with Gasteiger partial charge in [-0.1, -0.05) is 0 Å². The van der Waals surface area contributed by atoms with Crippen molar-refractivity contribution in [1.29, 1.82) is 0 Å². The van der Waals surface area contributed by atoms with E-state index in [1.54, 1.807) is 24.5 Å². The molecule has 0 atom stereocenters. The third kappa shape index (κ3) is 2.01. The lowest BCUT2D eigenvalue weighted by Gasteiger charge is -2.05. The van der Waals surface area contributed by atoms with E-state index in [1.807, 2.05) is 0 Å². The van der Waals surface area contributed by atoms with E-state index in [4.69, 9.17) is 0 Å². The molecule has 1 amide bonds. The number of nitrogens with one attached hydrogen (secondary N) is 1. The number of carbonyl (C=O) groups is 1. The van der Waals surface area contributed by atoms with Crippen molar-refractivity contribution in [1.82, 2.24) is 9.66 Å². The molecule has 0 aromatic carbocycles. The highest BCUT2D eigenvalue weighted by atomic mass is 19.1. The number of halogens is 1. The van der Waals surface area contributed by atoms with Crippen LogP contribution in [0.3, 0.4) is 0 Å². The number of pyridine rings is 1. The summed E-state index contributed by atoms with van der Waals surface area (Å²) in [6.07, 6.45) is 5.67. The molecule has 0 saturated heterocycles. The Morgan fingerprint density at radius 1 is 1.40 bits per heavy atom. The van der Waals surface area contributed by atoms with E-state index in [2.05, 4.69) is 10.4 Å². The lowest BCUT2D eigenvalue weighted by atomic mass is 10.2. The van der Waals surface area contributed by atoms with Crippen molar-refractivity contribution >= 4 is 5.91 Å². The number of nitrogens with zero attached hydrogens (tertiary/aromatic N) is 2. The molecule has 1 N–H and O–H groups in total. The summed E-state index contributed by atoms with van der Waals surface area (Å²) in [4.78, 5) is 15.1. The predicted octanol–water partition coefficient (Wildman–Crippen LogP) is 1.41. The van der Waals surface area contributed by atoms with E-state index in [1.165, 1.54) is 16.9 Å². The summed E-state index contributed by atoms with van der Waals surface area (Å²) >= 11 is 0. The maximum atomic E-state index is 13.1. The van der Waals surface area contributed by atoms with Crippen LogP contribution in [0.4, 0.5) is 4.39 Å². The van der Waals surface area contributed by atoms with Gasteiger partial charge in [0.05, 0.1) is 11.8 Å². The number of hydrogen-bond donors (Lipinski definition) is 1. The van der Waals surface area contributed by atoms with Gasteiger partial charge in [0, 0.05) is 18.6 Å². The maximum absolute atomic E-state index is 13.1. The first-order valence-electron chi connectivity index (χ1n) is 4.31. The average molecular weight is 205 g/mol. The molecule has 0 spiro atoms. The fourth-order valence-electron chi connectivity index (χ4n) is 1.15. The smallest absolute Gasteiger partial charge is 0.268 e. The highest BCUT2D eigenvalue weighted by Gasteiger charge is 2.10. The second-order valence-corrected chi connectivity index (χ2v) is 2.89. The highest BCUT2D eigenvalue weighted by Crippen LogP contribution is 2.04. The molecule has 4 nitrogen and oxygen atoms in total. The normalized spacial score (nSPS) is 9.93. The molecule has 2 rings (SSSR count). The van der Waals surface area contributed by atoms with Crippen LogP contribution in [0, 0.1) is 5.82 Å². The zero-order valence-corrected chi connectivity index (χ0v) is 7.72. The second-order valence-electron chi connectivity index (χ2n) is 2.89. The van der Waals surface area contributed by atoms with Crippen LogP contribution in [-0.2, 0) is 0 Å². The van der Waals surface area contributed by atoms with Crippen LogP contribution >= 0.6 is 0 Å². The molecule has 2 heterocycles. The SMILES string of the molecule is O=C(Nn1cccc1)c1ccncc1F. The van der Waals surface area contributed by atoms with Crippen LogP contribution in [-0.4, -0.2) is 15.6 Å². The van der Waals surface area contributed by atoms with Gasteiger partial charge in [-0.25, -0.2) is 4.39 Å². The monoisotopic (exact) mass is 205 g/mol. The summed E-state index contributed by atoms with van der Waals surface area (Å²) in [7, 11) is 0. The molecule has 0 aliphatic carbocycles. The topological polar surface area (TPSA) is 46.9 Å². The van der Waals surface area contributed by atoms with Crippen LogP contribution in [0.25, 0.3) is 0 Å². The Kier molecular flexibility index (Phi) is 2.45. The first-order chi connectivity index (χ1) is 7.27. The van der Waals surface area contributed by atoms with Crippen molar-refractivity contribution in [3.63, 3.8) is 0 Å². The zero-order valence-electron chi connectivity index (χ0n) is 7.72. The first-order valence-corrected chi connectivity index (χ1v) is 4.31. The minimum atomic E-state index is -0.637. The summed E-state index contributed by atoms with van der Waals surface area (Å²) in [6.45, 7) is 0. The zero-order chi connectivity index (χ0) is 10.7. The van der Waals surface area contributed by atoms with Gasteiger partial charge in [0.25, 0.3) is 5.91 Å². The Morgan fingerprint density at radius 3 is 2.80 bits per heavy atom. The molecule has 0 unspecified atom stereocenters. The molecule has 0 bridgehead atoms. The Balaban J connectivity index is 2.19. The van der Waals surface area contributed by atoms with E-state index in [9.17, 15) is 9.18 Å². The number of rotatable bonds is 2. The largest absolute Gasteiger partial charge is 0.273 e. The number of carbonyl (C=O) groups excluding carboxylic acids is 1. The Morgan fingerprint density at radius 2 is 2.13 bits per heavy atom. The standard InChI is InChI=1S/C10H8FN3O/c11-9-7-12-4-3-8(9)10(15)13-14-5-1-2-6-14/h1-7H,(H,13,15). The van der Waals surface area contributed by atoms with Gasteiger partial charge in [-0.3, -0.25) is 19.9 Å². The second kappa shape index (κ2) is 3.91. The Labute approximate surface area is 85.3 Å². The summed E-state index contributed by atoms with van der Waals surface area (Å²) in [6, 6.07) is 4.83. The Bertz CT molecular complexity index is 467. The molecule has 5 heteroatoms. The number of amides is 1. The quantitative estimate of drug-likeness (QED) is 0.805. The van der Waals surface area contributed by atoms with Crippen LogP contribution < -0.4 is 5.43 Å². The van der Waals surface area contributed by atoms with Crippen molar-refractivity contribution in [2.75, 3.05) is 5.43 Å². The van der Waals surface area contributed by atoms with Crippen LogP contribution in [0.2, 0.25) is 0 Å². The molecule has 0 aliphatic rings. The summed E-state index contributed by atoms with van der Waals surface area (Å²) in [5.74, 6) is -1.15. The molecule has 15 heavy (non-hydrogen) atoms. The fourth-order valence-corrected chi connectivity index (χ4v) is 1.15. The lowest BCUT2D eigenvalue weighted by Crippen LogP contribution is -2.22. The van der Waals surface area contributed by atoms with E-state index in [0.717, 1.165) is 6.20 Å². The lowest BCUT2D eigenvalue weighted by molar-refractivity contribution is 0.100. The van der Waals surface area contributed by atoms with Gasteiger partial charge in [0.2, 0.25) is 0 Å². The summed E-state index contributed by atoms with van der Waals surface area (Å²) < 4.78 is 14.6. The van der Waals surface area contributed by atoms with Crippen molar-refractivity contribution in [3.05, 3.63) is 54.4 Å². The number of hydrogen-bond acceptors (Lipinski definition) is 2. The summed E-state index contributed by atoms with van der Waals surface area (Å²) in [5, 5.41) is 0. The Hall–Kier alpha value is -2.17. The average Bonchev–Trinajstić information content (AvgIpc) is 2.71. The van der Waals surface area contributed by atoms with E-state index >= 15 is 0 Å². The van der Waals surface area contributed by atoms with Crippen molar-refractivity contribution in [3.8, 4) is 0 Å². The molecule has 0 fully saturated rings. The summed E-state index contributed by atoms with van der Waals surface area (Å²) in [5.41, 5.74) is 2.46. The molecule has 0 aliphatic heterocycles. The van der Waals surface area contributed by atoms with Gasteiger partial charge in [0.15, 0.2) is 5.82 Å². The van der Waals surface area contributed by atoms with Gasteiger partial charge < -0.3 is 0 Å². The third-order valence-corrected chi connectivity index (χ3v) is 1.85. The minimum Gasteiger partial charge on any atom is -0.268 e. The van der Waals surface area contributed by atoms with Crippen LogP contribution in [0.1, 0.15) is 10.4 Å². The van der Waals surface area contributed by atoms with Crippen LogP contribution in [0.15, 0.2) is 43.0 Å². The molecule has 2 aromatic heterocycles. The van der Waals surface area contributed by atoms with E-state index in [0.29, 0.717) is 0 Å². The highest BCUT2D eigenvalue weighted by molar-refractivity contribution is 5.99. The molecular formula is C10H8FN3O. The van der Waals surface area contributed by atoms with Gasteiger partial charge in [0.1, 0.15) is 0 Å². The van der Waals surface area contributed by atoms with Gasteiger partial charge in [-0.15, -0.1) is 0 Å². The molecule has 0 radical (unpaired) electrons. The molecule has 0 saturated carbocycles. The third-order valence-electron chi connectivity index (χ3n) is 1.85. The molecule has 76 valence electrons. The van der Waals surface area contributed by atoms with Crippen molar-refractivity contribution in [2.24, 2.45) is 0 Å². The van der Waals surface area contributed by atoms with E-state index in [-0.39, 0.29) is 5.56 Å². The molecular weight excluding hydrogens is 197 g/mol.